The molecule has 1 atom stereocenters. The second-order valence-electron chi connectivity index (χ2n) is 7.96. The van der Waals surface area contributed by atoms with Crippen molar-refractivity contribution in [1.82, 2.24) is 4.90 Å². The van der Waals surface area contributed by atoms with E-state index >= 15 is 0 Å². The number of carbonyl (C=O) groups excluding carboxylic acids is 2. The second-order valence-corrected chi connectivity index (χ2v) is 9.13. The van der Waals surface area contributed by atoms with E-state index in [1.165, 1.54) is 18.2 Å². The Kier molecular flexibility index (Phi) is 6.53. The van der Waals surface area contributed by atoms with E-state index in [1.807, 2.05) is 66.4 Å². The van der Waals surface area contributed by atoms with Crippen LogP contribution in [0.15, 0.2) is 59.6 Å². The smallest absolute Gasteiger partial charge is 0.242 e. The van der Waals surface area contributed by atoms with E-state index in [4.69, 9.17) is 4.99 Å². The Balaban J connectivity index is 1.51. The Morgan fingerprint density at radius 1 is 1.10 bits per heavy atom. The number of aliphatic imine (C=N–C) groups is 1. The van der Waals surface area contributed by atoms with Crippen LogP contribution in [0.25, 0.3) is 0 Å². The normalized spacial score (nSPS) is 21.2. The maximum Gasteiger partial charge on any atom is 0.242 e. The fourth-order valence-corrected chi connectivity index (χ4v) is 5.30. The molecule has 2 aromatic rings. The zero-order valence-corrected chi connectivity index (χ0v) is 18.0. The fourth-order valence-electron chi connectivity index (χ4n) is 4.08. The van der Waals surface area contributed by atoms with Crippen LogP contribution in [0.4, 0.5) is 11.4 Å². The van der Waals surface area contributed by atoms with Gasteiger partial charge in [-0.15, -0.1) is 0 Å². The van der Waals surface area contributed by atoms with Gasteiger partial charge in [0.15, 0.2) is 5.17 Å². The Labute approximate surface area is 182 Å². The number of para-hydroxylation sites is 1. The summed E-state index contributed by atoms with van der Waals surface area (Å²) in [5, 5.41) is 3.22. The van der Waals surface area contributed by atoms with Crippen molar-refractivity contribution in [3.05, 3.63) is 60.2 Å². The molecule has 5 nitrogen and oxygen atoms in total. The molecule has 1 aliphatic carbocycles. The summed E-state index contributed by atoms with van der Waals surface area (Å²) in [7, 11) is 0. The summed E-state index contributed by atoms with van der Waals surface area (Å²) in [5.74, 6) is -0.128. The number of amides is 2. The minimum atomic E-state index is -0.431. The molecular formula is C24H27N3O2S. The lowest BCUT2D eigenvalue weighted by atomic mass is 9.94. The van der Waals surface area contributed by atoms with Gasteiger partial charge in [-0.05, 0) is 49.6 Å². The van der Waals surface area contributed by atoms with Gasteiger partial charge < -0.3 is 5.32 Å². The molecule has 0 bridgehead atoms. The molecule has 1 heterocycles. The van der Waals surface area contributed by atoms with Crippen molar-refractivity contribution in [2.24, 2.45) is 4.99 Å². The summed E-state index contributed by atoms with van der Waals surface area (Å²) in [6.07, 6.45) is 5.64. The molecule has 0 spiro atoms. The van der Waals surface area contributed by atoms with Crippen LogP contribution in [-0.2, 0) is 9.59 Å². The van der Waals surface area contributed by atoms with Gasteiger partial charge in [-0.1, -0.05) is 61.4 Å². The predicted molar refractivity (Wildman–Crippen MR) is 123 cm³/mol. The molecule has 0 unspecified atom stereocenters. The minimum absolute atomic E-state index is 0.0148. The molecule has 156 valence electrons. The summed E-state index contributed by atoms with van der Waals surface area (Å²) in [5.41, 5.74) is 2.68. The number of thioether (sulfide) groups is 1. The molecule has 2 amide bonds. The van der Waals surface area contributed by atoms with Crippen LogP contribution in [0.5, 0.6) is 0 Å². The van der Waals surface area contributed by atoms with E-state index < -0.39 is 5.25 Å². The molecule has 1 N–H and O–H groups in total. The lowest BCUT2D eigenvalue weighted by molar-refractivity contribution is -0.130. The van der Waals surface area contributed by atoms with Crippen molar-refractivity contribution >= 4 is 40.1 Å². The SMILES string of the molecule is Cc1cccc(NC(=O)C[C@H]2SC(=Nc3ccccc3)N(C3CCCCC3)C2=O)c1. The Hall–Kier alpha value is -2.60. The van der Waals surface area contributed by atoms with Gasteiger partial charge in [0.05, 0.1) is 5.69 Å². The number of amidine groups is 1. The molecule has 4 rings (SSSR count). The fraction of sp³-hybridized carbons (Fsp3) is 0.375. The molecule has 1 saturated carbocycles. The average molecular weight is 422 g/mol. The quantitative estimate of drug-likeness (QED) is 0.714. The highest BCUT2D eigenvalue weighted by molar-refractivity contribution is 8.15. The third-order valence-corrected chi connectivity index (χ3v) is 6.71. The predicted octanol–water partition coefficient (Wildman–Crippen LogP) is 5.29. The Morgan fingerprint density at radius 2 is 1.87 bits per heavy atom. The highest BCUT2D eigenvalue weighted by Crippen LogP contribution is 2.36. The van der Waals surface area contributed by atoms with Crippen LogP contribution in [0.2, 0.25) is 0 Å². The van der Waals surface area contributed by atoms with Gasteiger partial charge in [-0.3, -0.25) is 14.5 Å². The number of benzene rings is 2. The molecule has 0 aromatic heterocycles. The van der Waals surface area contributed by atoms with Gasteiger partial charge in [-0.2, -0.15) is 0 Å². The number of nitrogens with zero attached hydrogens (tertiary/aromatic N) is 2. The van der Waals surface area contributed by atoms with Crippen molar-refractivity contribution in [2.45, 2.75) is 56.7 Å². The van der Waals surface area contributed by atoms with Crippen LogP contribution in [-0.4, -0.2) is 33.2 Å². The number of rotatable bonds is 5. The maximum atomic E-state index is 13.3. The van der Waals surface area contributed by atoms with Crippen molar-refractivity contribution < 1.29 is 9.59 Å². The monoisotopic (exact) mass is 421 g/mol. The van der Waals surface area contributed by atoms with E-state index in [0.717, 1.165) is 47.8 Å². The largest absolute Gasteiger partial charge is 0.326 e. The summed E-state index contributed by atoms with van der Waals surface area (Å²) < 4.78 is 0. The van der Waals surface area contributed by atoms with Crippen LogP contribution in [0.3, 0.4) is 0 Å². The lowest BCUT2D eigenvalue weighted by Gasteiger charge is -2.30. The van der Waals surface area contributed by atoms with Gasteiger partial charge in [-0.25, -0.2) is 4.99 Å². The first-order chi connectivity index (χ1) is 14.6. The van der Waals surface area contributed by atoms with E-state index in [-0.39, 0.29) is 24.3 Å². The van der Waals surface area contributed by atoms with Crippen molar-refractivity contribution in [3.63, 3.8) is 0 Å². The number of nitrogens with one attached hydrogen (secondary N) is 1. The van der Waals surface area contributed by atoms with Crippen molar-refractivity contribution in [2.75, 3.05) is 5.32 Å². The number of carbonyl (C=O) groups is 2. The first-order valence-electron chi connectivity index (χ1n) is 10.6. The lowest BCUT2D eigenvalue weighted by Crippen LogP contribution is -2.42. The number of hydrogen-bond acceptors (Lipinski definition) is 4. The number of anilines is 1. The first-order valence-corrected chi connectivity index (χ1v) is 11.5. The number of aryl methyl sites for hydroxylation is 1. The van der Waals surface area contributed by atoms with E-state index in [2.05, 4.69) is 5.32 Å². The van der Waals surface area contributed by atoms with Gasteiger partial charge in [0.25, 0.3) is 0 Å². The summed E-state index contributed by atoms with van der Waals surface area (Å²) >= 11 is 1.42. The van der Waals surface area contributed by atoms with E-state index in [1.54, 1.807) is 0 Å². The molecule has 2 aromatic carbocycles. The van der Waals surface area contributed by atoms with Gasteiger partial charge in [0, 0.05) is 18.2 Å². The molecule has 1 saturated heterocycles. The maximum absolute atomic E-state index is 13.3. The molecule has 6 heteroatoms. The molecule has 2 fully saturated rings. The summed E-state index contributed by atoms with van der Waals surface area (Å²) in [6.45, 7) is 1.99. The van der Waals surface area contributed by atoms with Crippen molar-refractivity contribution in [3.8, 4) is 0 Å². The van der Waals surface area contributed by atoms with Crippen LogP contribution >= 0.6 is 11.8 Å². The number of hydrogen-bond donors (Lipinski definition) is 1. The topological polar surface area (TPSA) is 61.8 Å². The van der Waals surface area contributed by atoms with E-state index in [9.17, 15) is 9.59 Å². The highest BCUT2D eigenvalue weighted by Gasteiger charge is 2.42. The van der Waals surface area contributed by atoms with E-state index in [0.29, 0.717) is 0 Å². The molecule has 1 aliphatic heterocycles. The van der Waals surface area contributed by atoms with Crippen LogP contribution < -0.4 is 5.32 Å². The first kappa shape index (κ1) is 20.7. The minimum Gasteiger partial charge on any atom is -0.326 e. The third kappa shape index (κ3) is 4.93. The molecule has 30 heavy (non-hydrogen) atoms. The Morgan fingerprint density at radius 3 is 2.60 bits per heavy atom. The molecule has 0 radical (unpaired) electrons. The third-order valence-electron chi connectivity index (χ3n) is 5.56. The van der Waals surface area contributed by atoms with Crippen LogP contribution in [0, 0.1) is 6.92 Å². The summed E-state index contributed by atoms with van der Waals surface area (Å²) in [6, 6.07) is 17.6. The van der Waals surface area contributed by atoms with Gasteiger partial charge >= 0.3 is 0 Å². The average Bonchev–Trinajstić information content (AvgIpc) is 3.04. The van der Waals surface area contributed by atoms with Gasteiger partial charge in [0.2, 0.25) is 11.8 Å². The van der Waals surface area contributed by atoms with Gasteiger partial charge in [0.1, 0.15) is 5.25 Å². The molecule has 2 aliphatic rings. The van der Waals surface area contributed by atoms with Crippen LogP contribution in [0.1, 0.15) is 44.1 Å². The van der Waals surface area contributed by atoms with Crippen molar-refractivity contribution in [1.29, 1.82) is 0 Å². The molecular weight excluding hydrogens is 394 g/mol. The Bertz CT molecular complexity index is 938. The standard InChI is InChI=1S/C24H27N3O2S/c1-17-9-8-12-19(15-17)25-22(28)16-21-23(29)27(20-13-6-3-7-14-20)24(30-21)26-18-10-4-2-5-11-18/h2,4-5,8-12,15,20-21H,3,6-7,13-14,16H2,1H3,(H,25,28)/t21-/m1/s1. The second kappa shape index (κ2) is 9.47. The summed E-state index contributed by atoms with van der Waals surface area (Å²) in [4.78, 5) is 32.6. The zero-order valence-electron chi connectivity index (χ0n) is 17.2. The highest BCUT2D eigenvalue weighted by atomic mass is 32.2. The zero-order chi connectivity index (χ0) is 20.9.